The van der Waals surface area contributed by atoms with Gasteiger partial charge in [-0.1, -0.05) is 0 Å². The van der Waals surface area contributed by atoms with E-state index in [-0.39, 0.29) is 0 Å². The molecule has 0 atom stereocenters. The van der Waals surface area contributed by atoms with Crippen LogP contribution in [0.4, 0.5) is 0 Å². The minimum absolute atomic E-state index is 0.755. The van der Waals surface area contributed by atoms with E-state index in [9.17, 15) is 5.11 Å². The van der Waals surface area contributed by atoms with Gasteiger partial charge in [0.15, 0.2) is 0 Å². The molecule has 1 rings (SSSR count). The highest BCUT2D eigenvalue weighted by atomic mass is 32.2. The van der Waals surface area contributed by atoms with E-state index in [4.69, 9.17) is 5.14 Å². The Labute approximate surface area is 80.9 Å². The summed E-state index contributed by atoms with van der Waals surface area (Å²) in [6.07, 6.45) is 0. The van der Waals surface area contributed by atoms with Crippen molar-refractivity contribution in [2.75, 3.05) is 0 Å². The van der Waals surface area contributed by atoms with E-state index < -0.39 is 5.60 Å². The molecule has 0 aliphatic carbocycles. The molecule has 0 fully saturated rings. The third-order valence-electron chi connectivity index (χ3n) is 1.76. The molecule has 0 radical (unpaired) electrons. The van der Waals surface area contributed by atoms with Gasteiger partial charge in [0.1, 0.15) is 0 Å². The monoisotopic (exact) mass is 203 g/mol. The molecule has 3 N–H and O–H groups in total. The normalized spacial score (nSPS) is 12.1. The molecule has 0 aliphatic heterocycles. The number of aliphatic hydroxyl groups is 1. The number of nitrogens with two attached hydrogens (primary N) is 1. The number of rotatable bonds is 2. The molecule has 0 spiro atoms. The summed E-state index contributed by atoms with van der Waals surface area (Å²) in [5, 5.41) is 17.2. The van der Waals surface area contributed by atoms with Gasteiger partial charge in [0, 0.05) is 0 Å². The van der Waals surface area contributed by atoms with Crippen molar-refractivity contribution >= 4 is 23.3 Å². The van der Waals surface area contributed by atoms with Gasteiger partial charge in [0.2, 0.25) is 0 Å². The van der Waals surface area contributed by atoms with Gasteiger partial charge in [0.25, 0.3) is 0 Å². The summed E-state index contributed by atoms with van der Waals surface area (Å²) in [6, 6.07) is 0. The quantitative estimate of drug-likeness (QED) is 0.725. The van der Waals surface area contributed by atoms with Crippen molar-refractivity contribution < 1.29 is 5.11 Å². The number of hydrogen-bond donors (Lipinski definition) is 2. The molecule has 0 aromatic carbocycles. The maximum Gasteiger partial charge on any atom is 0.0851 e. The molecule has 0 saturated carbocycles. The summed E-state index contributed by atoms with van der Waals surface area (Å²) in [7, 11) is 0. The molecule has 1 aromatic heterocycles. The first-order valence-electron chi connectivity index (χ1n) is 3.64. The van der Waals surface area contributed by atoms with Gasteiger partial charge in [-0.2, -0.15) is 0 Å². The van der Waals surface area contributed by atoms with Crippen LogP contribution in [0.1, 0.15) is 25.0 Å². The van der Waals surface area contributed by atoms with Gasteiger partial charge < -0.3 is 5.11 Å². The first-order chi connectivity index (χ1) is 5.46. The lowest BCUT2D eigenvalue weighted by atomic mass is 9.98. The van der Waals surface area contributed by atoms with E-state index in [1.807, 2.05) is 12.3 Å². The maximum absolute atomic E-state index is 9.74. The molecule has 1 aromatic rings. The first-order valence-corrected chi connectivity index (χ1v) is 5.40. The fourth-order valence-corrected chi connectivity index (χ4v) is 2.75. The van der Waals surface area contributed by atoms with E-state index >= 15 is 0 Å². The first kappa shape index (κ1) is 10.1. The molecule has 0 bridgehead atoms. The van der Waals surface area contributed by atoms with E-state index in [0.717, 1.165) is 15.3 Å². The molecule has 68 valence electrons. The van der Waals surface area contributed by atoms with Crippen LogP contribution in [0.2, 0.25) is 0 Å². The SMILES string of the molecule is Cc1c(C(C)(C)O)csc1SN. The molecule has 1 heterocycles. The molecule has 12 heavy (non-hydrogen) atoms. The van der Waals surface area contributed by atoms with Crippen LogP contribution in [0.15, 0.2) is 9.59 Å². The van der Waals surface area contributed by atoms with Crippen LogP contribution in [0.5, 0.6) is 0 Å². The zero-order chi connectivity index (χ0) is 9.35. The molecular weight excluding hydrogens is 190 g/mol. The van der Waals surface area contributed by atoms with E-state index in [1.54, 1.807) is 25.2 Å². The van der Waals surface area contributed by atoms with Crippen LogP contribution in [0.3, 0.4) is 0 Å². The van der Waals surface area contributed by atoms with Crippen molar-refractivity contribution in [1.82, 2.24) is 0 Å². The Bertz CT molecular complexity index is 275. The van der Waals surface area contributed by atoms with Gasteiger partial charge in [-0.05, 0) is 49.2 Å². The Morgan fingerprint density at radius 3 is 2.42 bits per heavy atom. The standard InChI is InChI=1S/C8H13NOS2/c1-5-6(8(2,3)10)4-11-7(5)12-9/h4,10H,9H2,1-3H3. The van der Waals surface area contributed by atoms with Crippen LogP contribution < -0.4 is 5.14 Å². The van der Waals surface area contributed by atoms with Crippen molar-refractivity contribution in [3.05, 3.63) is 16.5 Å². The predicted octanol–water partition coefficient (Wildman–Crippen LogP) is 2.25. The topological polar surface area (TPSA) is 46.2 Å². The van der Waals surface area contributed by atoms with Gasteiger partial charge in [-0.3, -0.25) is 5.14 Å². The van der Waals surface area contributed by atoms with Crippen molar-refractivity contribution in [2.45, 2.75) is 30.6 Å². The van der Waals surface area contributed by atoms with Crippen LogP contribution in [0, 0.1) is 6.92 Å². The van der Waals surface area contributed by atoms with Crippen LogP contribution in [-0.4, -0.2) is 5.11 Å². The lowest BCUT2D eigenvalue weighted by Gasteiger charge is -2.16. The molecule has 2 nitrogen and oxygen atoms in total. The van der Waals surface area contributed by atoms with Crippen molar-refractivity contribution in [1.29, 1.82) is 0 Å². The third-order valence-corrected chi connectivity index (χ3v) is 3.73. The summed E-state index contributed by atoms with van der Waals surface area (Å²) < 4.78 is 1.08. The summed E-state index contributed by atoms with van der Waals surface area (Å²) in [4.78, 5) is 0. The number of thiophene rings is 1. The second-order valence-electron chi connectivity index (χ2n) is 3.24. The molecule has 4 heteroatoms. The molecule has 0 unspecified atom stereocenters. The largest absolute Gasteiger partial charge is 0.386 e. The number of hydrogen-bond acceptors (Lipinski definition) is 4. The molecular formula is C8H13NOS2. The smallest absolute Gasteiger partial charge is 0.0851 e. The van der Waals surface area contributed by atoms with E-state index in [2.05, 4.69) is 0 Å². The van der Waals surface area contributed by atoms with E-state index in [0.29, 0.717) is 0 Å². The fourth-order valence-electron chi connectivity index (χ4n) is 1.12. The summed E-state index contributed by atoms with van der Waals surface area (Å²) >= 11 is 2.82. The average molecular weight is 203 g/mol. The molecule has 0 saturated heterocycles. The van der Waals surface area contributed by atoms with Crippen LogP contribution in [0.25, 0.3) is 0 Å². The highest BCUT2D eigenvalue weighted by Crippen LogP contribution is 2.34. The summed E-state index contributed by atoms with van der Waals surface area (Å²) in [6.45, 7) is 5.55. The molecule has 0 aliphatic rings. The van der Waals surface area contributed by atoms with Gasteiger partial charge >= 0.3 is 0 Å². The minimum atomic E-state index is -0.755. The average Bonchev–Trinajstić information content (AvgIpc) is 2.29. The van der Waals surface area contributed by atoms with Gasteiger partial charge in [-0.25, -0.2) is 0 Å². The Kier molecular flexibility index (Phi) is 2.83. The highest BCUT2D eigenvalue weighted by molar-refractivity contribution is 7.99. The van der Waals surface area contributed by atoms with Crippen molar-refractivity contribution in [3.8, 4) is 0 Å². The Morgan fingerprint density at radius 1 is 1.58 bits per heavy atom. The van der Waals surface area contributed by atoms with E-state index in [1.165, 1.54) is 11.9 Å². The van der Waals surface area contributed by atoms with Gasteiger partial charge in [-0.15, -0.1) is 11.3 Å². The highest BCUT2D eigenvalue weighted by Gasteiger charge is 2.21. The maximum atomic E-state index is 9.74. The zero-order valence-electron chi connectivity index (χ0n) is 7.42. The second kappa shape index (κ2) is 3.38. The summed E-state index contributed by atoms with van der Waals surface area (Å²) in [5.74, 6) is 0. The van der Waals surface area contributed by atoms with Gasteiger partial charge in [0.05, 0.1) is 9.81 Å². The zero-order valence-corrected chi connectivity index (χ0v) is 9.05. The fraction of sp³-hybridized carbons (Fsp3) is 0.500. The second-order valence-corrected chi connectivity index (χ2v) is 5.02. The lowest BCUT2D eigenvalue weighted by molar-refractivity contribution is 0.0782. The van der Waals surface area contributed by atoms with Crippen LogP contribution >= 0.6 is 23.3 Å². The predicted molar refractivity (Wildman–Crippen MR) is 54.3 cm³/mol. The van der Waals surface area contributed by atoms with Crippen LogP contribution in [-0.2, 0) is 5.60 Å². The minimum Gasteiger partial charge on any atom is -0.386 e. The van der Waals surface area contributed by atoms with Crippen molar-refractivity contribution in [2.24, 2.45) is 5.14 Å². The lowest BCUT2D eigenvalue weighted by Crippen LogP contribution is -2.15. The third kappa shape index (κ3) is 1.82. The van der Waals surface area contributed by atoms with Crippen molar-refractivity contribution in [3.63, 3.8) is 0 Å². The molecule has 0 amide bonds. The Morgan fingerprint density at radius 2 is 2.17 bits per heavy atom. The Balaban J connectivity index is 3.11. The summed E-state index contributed by atoms with van der Waals surface area (Å²) in [5.41, 5.74) is 1.31. The Hall–Kier alpha value is -0.0300.